The normalized spacial score (nSPS) is 20.0. The lowest BCUT2D eigenvalue weighted by Crippen LogP contribution is -2.43. The van der Waals surface area contributed by atoms with E-state index in [4.69, 9.17) is 4.74 Å². The van der Waals surface area contributed by atoms with Crippen LogP contribution in [0.5, 0.6) is 5.75 Å². The van der Waals surface area contributed by atoms with Crippen molar-refractivity contribution in [1.82, 2.24) is 15.1 Å². The molecule has 1 N–H and O–H groups in total. The maximum atomic E-state index is 12.5. The summed E-state index contributed by atoms with van der Waals surface area (Å²) in [6, 6.07) is 7.66. The number of piperidine rings is 1. The molecule has 0 spiro atoms. The highest BCUT2D eigenvalue weighted by atomic mass is 32.2. The van der Waals surface area contributed by atoms with Gasteiger partial charge in [0, 0.05) is 13.1 Å². The Morgan fingerprint density at radius 3 is 2.77 bits per heavy atom. The van der Waals surface area contributed by atoms with Crippen LogP contribution in [0.2, 0.25) is 0 Å². The standard InChI is InChI=1S/C18H24N4O2S2/c1-12-8-13(2)10-22(9-12)16(23)11-25-18-21-20-17(26-18)19-14-6-4-5-7-15(14)24-3/h4-7,12-13H,8-11H2,1-3H3,(H,19,20)/t12-,13-/m1/s1. The van der Waals surface area contributed by atoms with Gasteiger partial charge < -0.3 is 15.0 Å². The summed E-state index contributed by atoms with van der Waals surface area (Å²) in [7, 11) is 1.63. The second kappa shape index (κ2) is 8.73. The molecule has 0 unspecified atom stereocenters. The average Bonchev–Trinajstić information content (AvgIpc) is 3.06. The maximum Gasteiger partial charge on any atom is 0.233 e. The van der Waals surface area contributed by atoms with E-state index in [2.05, 4.69) is 29.4 Å². The van der Waals surface area contributed by atoms with Crippen LogP contribution in [0.25, 0.3) is 0 Å². The first-order valence-corrected chi connectivity index (χ1v) is 10.5. The second-order valence-electron chi connectivity index (χ2n) is 6.73. The Morgan fingerprint density at radius 2 is 2.04 bits per heavy atom. The summed E-state index contributed by atoms with van der Waals surface area (Å²) in [6.07, 6.45) is 1.20. The van der Waals surface area contributed by atoms with E-state index in [0.29, 0.717) is 22.7 Å². The van der Waals surface area contributed by atoms with Gasteiger partial charge in [0.25, 0.3) is 0 Å². The summed E-state index contributed by atoms with van der Waals surface area (Å²) in [4.78, 5) is 14.5. The van der Waals surface area contributed by atoms with E-state index in [9.17, 15) is 4.79 Å². The number of amides is 1. The van der Waals surface area contributed by atoms with E-state index in [1.54, 1.807) is 7.11 Å². The van der Waals surface area contributed by atoms with Crippen LogP contribution >= 0.6 is 23.1 Å². The number of carbonyl (C=O) groups excluding carboxylic acids is 1. The van der Waals surface area contributed by atoms with E-state index < -0.39 is 0 Å². The molecule has 2 atom stereocenters. The van der Waals surface area contributed by atoms with Crippen molar-refractivity contribution in [2.75, 3.05) is 31.3 Å². The van der Waals surface area contributed by atoms with Gasteiger partial charge in [-0.3, -0.25) is 4.79 Å². The Hall–Kier alpha value is -1.80. The number of likely N-dealkylation sites (tertiary alicyclic amines) is 1. The third-order valence-corrected chi connectivity index (χ3v) is 6.25. The fourth-order valence-corrected chi connectivity index (χ4v) is 4.93. The van der Waals surface area contributed by atoms with Gasteiger partial charge in [0.05, 0.1) is 18.6 Å². The lowest BCUT2D eigenvalue weighted by atomic mass is 9.92. The summed E-state index contributed by atoms with van der Waals surface area (Å²) in [5.41, 5.74) is 0.843. The number of hydrogen-bond donors (Lipinski definition) is 1. The van der Waals surface area contributed by atoms with Crippen molar-refractivity contribution in [2.24, 2.45) is 11.8 Å². The van der Waals surface area contributed by atoms with Gasteiger partial charge in [-0.15, -0.1) is 10.2 Å². The van der Waals surface area contributed by atoms with Crippen LogP contribution in [-0.2, 0) is 4.79 Å². The summed E-state index contributed by atoms with van der Waals surface area (Å²) in [5, 5.41) is 12.2. The van der Waals surface area contributed by atoms with Crippen LogP contribution in [0.3, 0.4) is 0 Å². The van der Waals surface area contributed by atoms with E-state index in [-0.39, 0.29) is 5.91 Å². The highest BCUT2D eigenvalue weighted by molar-refractivity contribution is 8.01. The molecule has 8 heteroatoms. The Labute approximate surface area is 162 Å². The van der Waals surface area contributed by atoms with Crippen LogP contribution in [0.15, 0.2) is 28.6 Å². The van der Waals surface area contributed by atoms with Crippen molar-refractivity contribution < 1.29 is 9.53 Å². The zero-order valence-electron chi connectivity index (χ0n) is 15.3. The molecule has 1 aliphatic rings. The molecule has 3 rings (SSSR count). The molecule has 1 aromatic heterocycles. The van der Waals surface area contributed by atoms with Crippen molar-refractivity contribution in [3.63, 3.8) is 0 Å². The van der Waals surface area contributed by atoms with Gasteiger partial charge in [0.1, 0.15) is 5.75 Å². The number of anilines is 2. The smallest absolute Gasteiger partial charge is 0.233 e. The molecule has 0 saturated carbocycles. The van der Waals surface area contributed by atoms with Crippen LogP contribution in [-0.4, -0.2) is 47.0 Å². The van der Waals surface area contributed by atoms with E-state index in [1.165, 1.54) is 29.5 Å². The Kier molecular flexibility index (Phi) is 6.37. The zero-order valence-corrected chi connectivity index (χ0v) is 16.9. The molecule has 1 amide bonds. The quantitative estimate of drug-likeness (QED) is 0.753. The van der Waals surface area contributed by atoms with E-state index in [0.717, 1.165) is 28.9 Å². The average molecular weight is 393 g/mol. The summed E-state index contributed by atoms with van der Waals surface area (Å²) in [6.45, 7) is 6.15. The number of para-hydroxylation sites is 2. The lowest BCUT2D eigenvalue weighted by molar-refractivity contribution is -0.130. The molecule has 1 aliphatic heterocycles. The van der Waals surface area contributed by atoms with Crippen molar-refractivity contribution in [1.29, 1.82) is 0 Å². The predicted molar refractivity (Wildman–Crippen MR) is 106 cm³/mol. The number of aromatic nitrogens is 2. The number of benzene rings is 1. The lowest BCUT2D eigenvalue weighted by Gasteiger charge is -2.34. The van der Waals surface area contributed by atoms with Gasteiger partial charge >= 0.3 is 0 Å². The summed E-state index contributed by atoms with van der Waals surface area (Å²) >= 11 is 2.89. The van der Waals surface area contributed by atoms with E-state index >= 15 is 0 Å². The molecule has 140 valence electrons. The second-order valence-corrected chi connectivity index (χ2v) is 8.93. The maximum absolute atomic E-state index is 12.5. The van der Waals surface area contributed by atoms with Crippen LogP contribution < -0.4 is 10.1 Å². The number of ether oxygens (including phenoxy) is 1. The molecule has 0 aliphatic carbocycles. The fourth-order valence-electron chi connectivity index (χ4n) is 3.26. The van der Waals surface area contributed by atoms with Crippen molar-refractivity contribution in [2.45, 2.75) is 24.6 Å². The number of hydrogen-bond acceptors (Lipinski definition) is 7. The third kappa shape index (κ3) is 4.88. The first kappa shape index (κ1) is 19.0. The molecule has 0 radical (unpaired) electrons. The van der Waals surface area contributed by atoms with Crippen LogP contribution in [0.4, 0.5) is 10.8 Å². The summed E-state index contributed by atoms with van der Waals surface area (Å²) < 4.78 is 6.11. The van der Waals surface area contributed by atoms with Crippen LogP contribution in [0.1, 0.15) is 20.3 Å². The largest absolute Gasteiger partial charge is 0.495 e. The molecular weight excluding hydrogens is 368 g/mol. The van der Waals surface area contributed by atoms with Gasteiger partial charge in [0.15, 0.2) is 4.34 Å². The number of thioether (sulfide) groups is 1. The number of carbonyl (C=O) groups is 1. The number of rotatable bonds is 6. The number of nitrogens with zero attached hydrogens (tertiary/aromatic N) is 3. The van der Waals surface area contributed by atoms with Gasteiger partial charge in [-0.1, -0.05) is 49.1 Å². The van der Waals surface area contributed by atoms with Gasteiger partial charge in [-0.25, -0.2) is 0 Å². The first-order valence-electron chi connectivity index (χ1n) is 8.69. The first-order chi connectivity index (χ1) is 12.5. The minimum absolute atomic E-state index is 0.183. The topological polar surface area (TPSA) is 67.3 Å². The van der Waals surface area contributed by atoms with E-state index in [1.807, 2.05) is 29.2 Å². The Bertz CT molecular complexity index is 742. The Balaban J connectivity index is 1.54. The van der Waals surface area contributed by atoms with Crippen LogP contribution in [0, 0.1) is 11.8 Å². The third-order valence-electron chi connectivity index (χ3n) is 4.30. The molecule has 26 heavy (non-hydrogen) atoms. The monoisotopic (exact) mass is 392 g/mol. The van der Waals surface area contributed by atoms with Gasteiger partial charge in [-0.05, 0) is 30.4 Å². The zero-order chi connectivity index (χ0) is 18.5. The molecule has 6 nitrogen and oxygen atoms in total. The highest BCUT2D eigenvalue weighted by Gasteiger charge is 2.25. The molecule has 2 aromatic rings. The predicted octanol–water partition coefficient (Wildman–Crippen LogP) is 3.89. The van der Waals surface area contributed by atoms with Gasteiger partial charge in [0.2, 0.25) is 11.0 Å². The minimum Gasteiger partial charge on any atom is -0.495 e. The Morgan fingerprint density at radius 1 is 1.31 bits per heavy atom. The molecule has 1 aromatic carbocycles. The number of methoxy groups -OCH3 is 1. The molecule has 0 bridgehead atoms. The molecular formula is C18H24N4O2S2. The number of nitrogens with one attached hydrogen (secondary N) is 1. The van der Waals surface area contributed by atoms with Crippen molar-refractivity contribution >= 4 is 39.8 Å². The highest BCUT2D eigenvalue weighted by Crippen LogP contribution is 2.31. The van der Waals surface area contributed by atoms with Gasteiger partial charge in [-0.2, -0.15) is 0 Å². The minimum atomic E-state index is 0.183. The van der Waals surface area contributed by atoms with Crippen molar-refractivity contribution in [3.05, 3.63) is 24.3 Å². The SMILES string of the molecule is COc1ccccc1Nc1nnc(SCC(=O)N2C[C@H](C)C[C@@H](C)C2)s1. The molecule has 2 heterocycles. The molecule has 1 fully saturated rings. The van der Waals surface area contributed by atoms with Crippen molar-refractivity contribution in [3.8, 4) is 5.75 Å². The summed E-state index contributed by atoms with van der Waals surface area (Å²) in [5.74, 6) is 2.49. The molecule has 1 saturated heterocycles. The fraction of sp³-hybridized carbons (Fsp3) is 0.500.